The molecular weight excluding hydrogens is 464 g/mol. The van der Waals surface area contributed by atoms with Gasteiger partial charge in [0.15, 0.2) is 0 Å². The molecule has 0 N–H and O–H groups in total. The molecule has 1 atom stereocenters. The van der Waals surface area contributed by atoms with E-state index in [2.05, 4.69) is 47.4 Å². The van der Waals surface area contributed by atoms with Gasteiger partial charge in [-0.25, -0.2) is 4.98 Å². The van der Waals surface area contributed by atoms with Crippen LogP contribution in [0, 0.1) is 11.8 Å². The topological polar surface area (TPSA) is 75.1 Å². The molecule has 3 aromatic rings. The van der Waals surface area contributed by atoms with Crippen molar-refractivity contribution in [3.8, 4) is 17.0 Å². The summed E-state index contributed by atoms with van der Waals surface area (Å²) < 4.78 is 5.28. The van der Waals surface area contributed by atoms with E-state index in [1.165, 1.54) is 0 Å². The summed E-state index contributed by atoms with van der Waals surface area (Å²) >= 11 is 0. The van der Waals surface area contributed by atoms with Crippen molar-refractivity contribution >= 4 is 28.4 Å². The molecule has 3 heterocycles. The highest BCUT2D eigenvalue weighted by Crippen LogP contribution is 2.46. The predicted molar refractivity (Wildman–Crippen MR) is 141 cm³/mol. The summed E-state index contributed by atoms with van der Waals surface area (Å²) in [5, 5.41) is 2.14. The van der Waals surface area contributed by atoms with Crippen LogP contribution in [0.4, 0.5) is 0 Å². The van der Waals surface area contributed by atoms with E-state index in [1.807, 2.05) is 22.1 Å². The Bertz CT molecular complexity index is 1440. The van der Waals surface area contributed by atoms with Gasteiger partial charge in [-0.1, -0.05) is 36.4 Å². The zero-order valence-electron chi connectivity index (χ0n) is 21.0. The van der Waals surface area contributed by atoms with E-state index in [0.29, 0.717) is 24.2 Å². The highest BCUT2D eigenvalue weighted by molar-refractivity contribution is 6.16. The molecule has 0 unspecified atom stereocenters. The third kappa shape index (κ3) is 3.97. The lowest BCUT2D eigenvalue weighted by atomic mass is 10.0. The highest BCUT2D eigenvalue weighted by atomic mass is 16.5. The lowest BCUT2D eigenvalue weighted by molar-refractivity contribution is -0.131. The molecule has 1 spiro atoms. The maximum Gasteiger partial charge on any atom is 0.256 e. The zero-order valence-corrected chi connectivity index (χ0v) is 21.0. The molecule has 7 nitrogen and oxygen atoms in total. The van der Waals surface area contributed by atoms with Gasteiger partial charge in [-0.05, 0) is 60.6 Å². The van der Waals surface area contributed by atoms with Crippen LogP contribution in [-0.2, 0) is 9.59 Å². The maximum atomic E-state index is 13.4. The number of fused-ring (bicyclic) bond motifs is 1. The molecule has 2 aromatic carbocycles. The fourth-order valence-electron chi connectivity index (χ4n) is 5.74. The Morgan fingerprint density at radius 2 is 1.76 bits per heavy atom. The van der Waals surface area contributed by atoms with E-state index in [4.69, 9.17) is 9.73 Å². The Kier molecular flexibility index (Phi) is 5.10. The third-order valence-electron chi connectivity index (χ3n) is 8.29. The van der Waals surface area contributed by atoms with Gasteiger partial charge in [0.2, 0.25) is 11.8 Å². The smallest absolute Gasteiger partial charge is 0.256 e. The summed E-state index contributed by atoms with van der Waals surface area (Å²) in [6, 6.07) is 16.6. The van der Waals surface area contributed by atoms with Gasteiger partial charge in [-0.15, -0.1) is 0 Å². The van der Waals surface area contributed by atoms with E-state index < -0.39 is 5.54 Å². The molecule has 37 heavy (non-hydrogen) atoms. The number of benzene rings is 2. The van der Waals surface area contributed by atoms with Gasteiger partial charge in [0.1, 0.15) is 11.4 Å². The molecule has 7 heteroatoms. The van der Waals surface area contributed by atoms with Crippen LogP contribution in [0.3, 0.4) is 0 Å². The number of hydrogen-bond acceptors (Lipinski definition) is 5. The van der Waals surface area contributed by atoms with Crippen LogP contribution < -0.4 is 4.74 Å². The molecule has 7 rings (SSSR count). The second-order valence-corrected chi connectivity index (χ2v) is 11.0. The van der Waals surface area contributed by atoms with Crippen molar-refractivity contribution < 1.29 is 14.3 Å². The Balaban J connectivity index is 1.12. The van der Waals surface area contributed by atoms with Gasteiger partial charge in [-0.3, -0.25) is 19.5 Å². The summed E-state index contributed by atoms with van der Waals surface area (Å²) in [7, 11) is 1.62. The normalized spacial score (nSPS) is 22.1. The van der Waals surface area contributed by atoms with Gasteiger partial charge >= 0.3 is 0 Å². The predicted octanol–water partition coefficient (Wildman–Crippen LogP) is 4.29. The van der Waals surface area contributed by atoms with Crippen molar-refractivity contribution in [1.82, 2.24) is 14.8 Å². The van der Waals surface area contributed by atoms with Crippen molar-refractivity contribution in [2.24, 2.45) is 16.8 Å². The maximum absolute atomic E-state index is 13.4. The molecule has 1 saturated heterocycles. The van der Waals surface area contributed by atoms with Gasteiger partial charge in [0.05, 0.1) is 7.11 Å². The molecule has 2 saturated carbocycles. The Morgan fingerprint density at radius 1 is 1.00 bits per heavy atom. The number of ether oxygens (including phenoxy) is 1. The van der Waals surface area contributed by atoms with Crippen molar-refractivity contribution in [1.29, 1.82) is 0 Å². The summed E-state index contributed by atoms with van der Waals surface area (Å²) in [5.41, 5.74) is 2.64. The Labute approximate surface area is 216 Å². The number of nitrogens with zero attached hydrogens (tertiary/aromatic N) is 4. The van der Waals surface area contributed by atoms with Crippen LogP contribution in [0.15, 0.2) is 59.7 Å². The first-order chi connectivity index (χ1) is 18.0. The van der Waals surface area contributed by atoms with E-state index in [0.717, 1.165) is 78.5 Å². The fraction of sp³-hybridized carbons (Fsp3) is 0.400. The first-order valence-corrected chi connectivity index (χ1v) is 13.3. The number of carbonyl (C=O) groups excluding carboxylic acids is 2. The summed E-state index contributed by atoms with van der Waals surface area (Å²) in [6.07, 6.45) is 6.50. The average molecular weight is 495 g/mol. The largest absolute Gasteiger partial charge is 0.481 e. The number of methoxy groups -OCH3 is 1. The molecule has 1 aromatic heterocycles. The van der Waals surface area contributed by atoms with Crippen LogP contribution in [0.2, 0.25) is 0 Å². The van der Waals surface area contributed by atoms with Crippen LogP contribution in [-0.4, -0.2) is 64.7 Å². The number of hydrogen-bond donors (Lipinski definition) is 0. The Morgan fingerprint density at radius 3 is 2.49 bits per heavy atom. The molecule has 0 radical (unpaired) electrons. The van der Waals surface area contributed by atoms with Gasteiger partial charge in [-0.2, -0.15) is 0 Å². The van der Waals surface area contributed by atoms with E-state index in [1.54, 1.807) is 7.11 Å². The number of aliphatic imine (C=N–C) groups is 1. The number of rotatable bonds is 6. The minimum atomic E-state index is -0.540. The molecule has 2 aliphatic carbocycles. The Hall–Kier alpha value is -3.74. The first-order valence-electron chi connectivity index (χ1n) is 13.3. The lowest BCUT2D eigenvalue weighted by Crippen LogP contribution is -2.40. The fourth-order valence-corrected chi connectivity index (χ4v) is 5.74. The number of aromatic nitrogens is 1. The minimum absolute atomic E-state index is 0.135. The number of pyridine rings is 1. The molecule has 3 fully saturated rings. The number of amidine groups is 1. The highest BCUT2D eigenvalue weighted by Gasteiger charge is 2.57. The zero-order chi connectivity index (χ0) is 25.1. The van der Waals surface area contributed by atoms with E-state index in [9.17, 15) is 9.59 Å². The molecule has 188 valence electrons. The third-order valence-corrected chi connectivity index (χ3v) is 8.29. The van der Waals surface area contributed by atoms with Gasteiger partial charge in [0.25, 0.3) is 5.91 Å². The summed E-state index contributed by atoms with van der Waals surface area (Å²) in [4.78, 5) is 39.1. The van der Waals surface area contributed by atoms with Crippen molar-refractivity contribution in [2.75, 3.05) is 26.7 Å². The molecule has 2 amide bonds. The standard InChI is InChI=1S/C30H30N4O3/c1-37-26-15-25-14-23(8-9-24(25)16-31-26)20-2-4-21(5-3-20)27-32-30(11-12-30)29(36)34(27)18-19-10-13-33(17-19)28(35)22-6-7-22/h2-5,8-9,14-16,19,22H,6-7,10-13,17-18H2,1H3/t19-/m1/s1. The minimum Gasteiger partial charge on any atom is -0.481 e. The van der Waals surface area contributed by atoms with E-state index >= 15 is 0 Å². The van der Waals surface area contributed by atoms with Crippen LogP contribution in [0.1, 0.15) is 37.7 Å². The summed E-state index contributed by atoms with van der Waals surface area (Å²) in [5.74, 6) is 2.38. The number of amides is 2. The van der Waals surface area contributed by atoms with Gasteiger partial charge < -0.3 is 9.64 Å². The quantitative estimate of drug-likeness (QED) is 0.512. The molecule has 4 aliphatic rings. The van der Waals surface area contributed by atoms with Crippen LogP contribution in [0.25, 0.3) is 21.9 Å². The number of carbonyl (C=O) groups is 2. The van der Waals surface area contributed by atoms with Crippen molar-refractivity contribution in [3.05, 3.63) is 60.3 Å². The van der Waals surface area contributed by atoms with E-state index in [-0.39, 0.29) is 11.8 Å². The SMILES string of the molecule is COc1cc2cc(-c3ccc(C4=NC5(CC5)C(=O)N4C[C@@H]4CCN(C(=O)C5CC5)C4)cc3)ccc2cn1. The second kappa shape index (κ2) is 8.40. The van der Waals surface area contributed by atoms with Crippen LogP contribution >= 0.6 is 0 Å². The molecule has 0 bridgehead atoms. The second-order valence-electron chi connectivity index (χ2n) is 11.0. The molecule has 2 aliphatic heterocycles. The number of likely N-dealkylation sites (tertiary alicyclic amines) is 1. The van der Waals surface area contributed by atoms with Gasteiger partial charge in [0, 0.05) is 48.8 Å². The van der Waals surface area contributed by atoms with Crippen LogP contribution in [0.5, 0.6) is 5.88 Å². The van der Waals surface area contributed by atoms with Crippen molar-refractivity contribution in [2.45, 2.75) is 37.6 Å². The van der Waals surface area contributed by atoms with Crippen molar-refractivity contribution in [3.63, 3.8) is 0 Å². The monoisotopic (exact) mass is 494 g/mol. The molecular formula is C30H30N4O3. The first kappa shape index (κ1) is 22.5. The lowest BCUT2D eigenvalue weighted by Gasteiger charge is -2.23. The summed E-state index contributed by atoms with van der Waals surface area (Å²) in [6.45, 7) is 2.19. The average Bonchev–Trinajstić information content (AvgIpc) is 3.86.